The maximum Gasteiger partial charge on any atom is 0.122 e. The molecule has 1 atom stereocenters. The van der Waals surface area contributed by atoms with Crippen molar-refractivity contribution in [2.24, 2.45) is 5.92 Å². The third-order valence-electron chi connectivity index (χ3n) is 1.55. The highest BCUT2D eigenvalue weighted by Gasteiger charge is 1.89. The normalized spacial score (nSPS) is 10.1. The largest absolute Gasteiger partial charge is 0.303 e. The minimum Gasteiger partial charge on any atom is -0.303 e. The molecule has 0 fully saturated rings. The van der Waals surface area contributed by atoms with Crippen LogP contribution in [-0.2, 0) is 9.59 Å². The molecular formula is C11H24O2. The Morgan fingerprint density at radius 2 is 1.77 bits per heavy atom. The summed E-state index contributed by atoms with van der Waals surface area (Å²) < 4.78 is 0. The summed E-state index contributed by atoms with van der Waals surface area (Å²) in [5, 5.41) is 0. The van der Waals surface area contributed by atoms with Crippen molar-refractivity contribution in [1.29, 1.82) is 0 Å². The highest BCUT2D eigenvalue weighted by molar-refractivity contribution is 5.52. The molecule has 2 nitrogen and oxygen atoms in total. The molecule has 2 heteroatoms. The number of rotatable bonds is 5. The molecule has 0 spiro atoms. The Balaban J connectivity index is -0.000000143. The van der Waals surface area contributed by atoms with Crippen molar-refractivity contribution in [2.45, 2.75) is 53.9 Å². The van der Waals surface area contributed by atoms with Crippen LogP contribution in [0.25, 0.3) is 0 Å². The highest BCUT2D eigenvalue weighted by atomic mass is 16.1. The summed E-state index contributed by atoms with van der Waals surface area (Å²) in [4.78, 5) is 19.3. The Labute approximate surface area is 82.7 Å². The zero-order chi connectivity index (χ0) is 9.82. The minimum atomic E-state index is 0. The quantitative estimate of drug-likeness (QED) is 0.490. The molecule has 0 amide bonds. The van der Waals surface area contributed by atoms with Gasteiger partial charge in [-0.1, -0.05) is 34.6 Å². The van der Waals surface area contributed by atoms with Crippen LogP contribution in [0, 0.1) is 5.92 Å². The van der Waals surface area contributed by atoms with E-state index < -0.39 is 0 Å². The summed E-state index contributed by atoms with van der Waals surface area (Å²) in [6.07, 6.45) is 5.80. The zero-order valence-corrected chi connectivity index (χ0v) is 8.38. The minimum absolute atomic E-state index is 0. The van der Waals surface area contributed by atoms with Crippen molar-refractivity contribution in [2.75, 3.05) is 0 Å². The smallest absolute Gasteiger partial charge is 0.122 e. The van der Waals surface area contributed by atoms with Crippen molar-refractivity contribution in [3.8, 4) is 0 Å². The lowest BCUT2D eigenvalue weighted by Gasteiger charge is -1.89. The molecule has 0 heterocycles. The van der Waals surface area contributed by atoms with E-state index in [4.69, 9.17) is 0 Å². The van der Waals surface area contributed by atoms with Gasteiger partial charge < -0.3 is 9.59 Å². The second kappa shape index (κ2) is 17.4. The molecule has 13 heavy (non-hydrogen) atoms. The van der Waals surface area contributed by atoms with Gasteiger partial charge in [-0.05, 0) is 12.8 Å². The molecule has 80 valence electrons. The van der Waals surface area contributed by atoms with E-state index >= 15 is 0 Å². The van der Waals surface area contributed by atoms with E-state index in [1.54, 1.807) is 0 Å². The fraction of sp³-hybridized carbons (Fsp3) is 0.818. The van der Waals surface area contributed by atoms with E-state index in [1.165, 1.54) is 0 Å². The van der Waals surface area contributed by atoms with Gasteiger partial charge in [0.2, 0.25) is 0 Å². The van der Waals surface area contributed by atoms with Crippen LogP contribution in [0.3, 0.4) is 0 Å². The lowest BCUT2D eigenvalue weighted by atomic mass is 10.2. The summed E-state index contributed by atoms with van der Waals surface area (Å²) in [6.45, 7) is 5.98. The Morgan fingerprint density at radius 3 is 1.85 bits per heavy atom. The number of hydrogen-bond donors (Lipinski definition) is 0. The summed E-state index contributed by atoms with van der Waals surface area (Å²) in [5.74, 6) is 0.255. The first-order valence-corrected chi connectivity index (χ1v) is 4.61. The topological polar surface area (TPSA) is 34.1 Å². The van der Waals surface area contributed by atoms with Crippen molar-refractivity contribution < 1.29 is 9.59 Å². The highest BCUT2D eigenvalue weighted by Crippen LogP contribution is 1.91. The van der Waals surface area contributed by atoms with Crippen LogP contribution in [0.4, 0.5) is 0 Å². The zero-order valence-electron chi connectivity index (χ0n) is 8.38. The monoisotopic (exact) mass is 188 g/mol. The van der Waals surface area contributed by atoms with Gasteiger partial charge in [0.15, 0.2) is 0 Å². The molecule has 0 aliphatic rings. The van der Waals surface area contributed by atoms with Crippen LogP contribution in [0.15, 0.2) is 0 Å². The van der Waals surface area contributed by atoms with E-state index in [-0.39, 0.29) is 13.3 Å². The van der Waals surface area contributed by atoms with E-state index in [9.17, 15) is 9.59 Å². The van der Waals surface area contributed by atoms with Gasteiger partial charge in [-0.15, -0.1) is 0 Å². The lowest BCUT2D eigenvalue weighted by Crippen LogP contribution is -1.89. The molecule has 0 saturated heterocycles. The Kier molecular flexibility index (Phi) is 24.4. The number of carbonyl (C=O) groups excluding carboxylic acids is 2. The second-order valence-corrected chi connectivity index (χ2v) is 2.83. The van der Waals surface area contributed by atoms with Crippen LogP contribution in [0.1, 0.15) is 53.9 Å². The third kappa shape index (κ3) is 24.6. The molecule has 0 radical (unpaired) electrons. The molecular weight excluding hydrogens is 164 g/mol. The van der Waals surface area contributed by atoms with Crippen molar-refractivity contribution in [3.05, 3.63) is 0 Å². The second-order valence-electron chi connectivity index (χ2n) is 2.83. The fourth-order valence-electron chi connectivity index (χ4n) is 0.384. The SMILES string of the molecule is C.CCC(C)C=O.CCCCC=O. The number of aldehydes is 2. The Bertz CT molecular complexity index is 100. The van der Waals surface area contributed by atoms with E-state index in [1.807, 2.05) is 13.8 Å². The molecule has 0 aromatic rings. The molecule has 0 aromatic heterocycles. The van der Waals surface area contributed by atoms with Crippen LogP contribution in [0.2, 0.25) is 0 Å². The predicted octanol–water partition coefficient (Wildman–Crippen LogP) is 3.24. The maximum atomic E-state index is 9.74. The maximum absolute atomic E-state index is 9.74. The van der Waals surface area contributed by atoms with Gasteiger partial charge in [-0.25, -0.2) is 0 Å². The fourth-order valence-corrected chi connectivity index (χ4v) is 0.384. The van der Waals surface area contributed by atoms with Gasteiger partial charge in [-0.2, -0.15) is 0 Å². The first-order chi connectivity index (χ1) is 5.72. The van der Waals surface area contributed by atoms with Crippen molar-refractivity contribution in [1.82, 2.24) is 0 Å². The summed E-state index contributed by atoms with van der Waals surface area (Å²) in [5.41, 5.74) is 0. The van der Waals surface area contributed by atoms with E-state index in [0.29, 0.717) is 0 Å². The predicted molar refractivity (Wildman–Crippen MR) is 57.8 cm³/mol. The standard InChI is InChI=1S/2C5H10O.CH4/c1-3-5(2)4-6;1-2-3-4-5-6;/h4-5H,3H2,1-2H3;5H,2-4H2,1H3;1H4. The van der Waals surface area contributed by atoms with Gasteiger partial charge in [0.25, 0.3) is 0 Å². The first-order valence-electron chi connectivity index (χ1n) is 4.61. The number of unbranched alkanes of at least 4 members (excludes halogenated alkanes) is 2. The molecule has 0 bridgehead atoms. The van der Waals surface area contributed by atoms with Gasteiger partial charge in [0, 0.05) is 12.3 Å². The summed E-state index contributed by atoms with van der Waals surface area (Å²) in [7, 11) is 0. The number of hydrogen-bond acceptors (Lipinski definition) is 2. The van der Waals surface area contributed by atoms with Crippen molar-refractivity contribution >= 4 is 12.6 Å². The number of carbonyl (C=O) groups is 2. The molecule has 0 aromatic carbocycles. The van der Waals surface area contributed by atoms with Gasteiger partial charge in [-0.3, -0.25) is 0 Å². The lowest BCUT2D eigenvalue weighted by molar-refractivity contribution is -0.110. The van der Waals surface area contributed by atoms with Crippen LogP contribution in [0.5, 0.6) is 0 Å². The molecule has 0 saturated carbocycles. The molecule has 0 aliphatic heterocycles. The summed E-state index contributed by atoms with van der Waals surface area (Å²) >= 11 is 0. The summed E-state index contributed by atoms with van der Waals surface area (Å²) in [6, 6.07) is 0. The first kappa shape index (κ1) is 18.2. The van der Waals surface area contributed by atoms with Crippen LogP contribution in [-0.4, -0.2) is 12.6 Å². The van der Waals surface area contributed by atoms with Crippen molar-refractivity contribution in [3.63, 3.8) is 0 Å². The molecule has 0 rings (SSSR count). The molecule has 1 unspecified atom stereocenters. The Hall–Kier alpha value is -0.660. The molecule has 0 N–H and O–H groups in total. The van der Waals surface area contributed by atoms with E-state index in [0.717, 1.165) is 38.3 Å². The third-order valence-corrected chi connectivity index (χ3v) is 1.55. The average Bonchev–Trinajstić information content (AvgIpc) is 2.14. The van der Waals surface area contributed by atoms with Gasteiger partial charge in [0.1, 0.15) is 12.6 Å². The molecule has 0 aliphatic carbocycles. The van der Waals surface area contributed by atoms with Crippen LogP contribution >= 0.6 is 0 Å². The Morgan fingerprint density at radius 1 is 1.23 bits per heavy atom. The van der Waals surface area contributed by atoms with E-state index in [2.05, 4.69) is 6.92 Å². The van der Waals surface area contributed by atoms with Gasteiger partial charge >= 0.3 is 0 Å². The average molecular weight is 188 g/mol. The van der Waals surface area contributed by atoms with Gasteiger partial charge in [0.05, 0.1) is 0 Å². The van der Waals surface area contributed by atoms with Crippen LogP contribution < -0.4 is 0 Å².